The summed E-state index contributed by atoms with van der Waals surface area (Å²) in [5.41, 5.74) is 7.73. The van der Waals surface area contributed by atoms with Crippen molar-refractivity contribution in [2.45, 2.75) is 19.3 Å². The van der Waals surface area contributed by atoms with E-state index in [4.69, 9.17) is 10.4 Å². The second-order valence-electron chi connectivity index (χ2n) is 5.00. The first kappa shape index (κ1) is 13.4. The number of hydrogen-bond acceptors (Lipinski definition) is 4. The molecule has 0 heterocycles. The molecule has 2 aromatic rings. The summed E-state index contributed by atoms with van der Waals surface area (Å²) >= 11 is 0. The number of rotatable bonds is 4. The van der Waals surface area contributed by atoms with Crippen LogP contribution in [0.25, 0.3) is 0 Å². The van der Waals surface area contributed by atoms with Crippen LogP contribution in [0.2, 0.25) is 0 Å². The lowest BCUT2D eigenvalue weighted by Gasteiger charge is -2.26. The second kappa shape index (κ2) is 5.30. The van der Waals surface area contributed by atoms with Crippen molar-refractivity contribution in [3.8, 4) is 0 Å². The molecule has 100 valence electrons. The Hall–Kier alpha value is -2.04. The number of anilines is 2. The Morgan fingerprint density at radius 1 is 0.684 bits per heavy atom. The van der Waals surface area contributed by atoms with E-state index < -0.39 is 0 Å². The van der Waals surface area contributed by atoms with Crippen molar-refractivity contribution in [2.75, 3.05) is 11.0 Å². The monoisotopic (exact) mass is 258 g/mol. The molecule has 4 N–H and O–H groups in total. The zero-order valence-electron chi connectivity index (χ0n) is 11.0. The predicted molar refractivity (Wildman–Crippen MR) is 75.8 cm³/mol. The van der Waals surface area contributed by atoms with Crippen LogP contribution >= 0.6 is 0 Å². The molecule has 0 aliphatic heterocycles. The second-order valence-corrected chi connectivity index (χ2v) is 5.00. The maximum atomic E-state index is 8.83. The predicted octanol–water partition coefficient (Wildman–Crippen LogP) is 3.61. The molecular weight excluding hydrogens is 240 g/mol. The van der Waals surface area contributed by atoms with Gasteiger partial charge in [0.15, 0.2) is 0 Å². The molecule has 19 heavy (non-hydrogen) atoms. The molecule has 0 aliphatic rings. The molecule has 0 unspecified atom stereocenters. The first-order chi connectivity index (χ1) is 9.07. The minimum atomic E-state index is -0.151. The SMILES string of the molecule is CC(C)(c1ccc(NO)cc1)c1ccc(NO)cc1. The fraction of sp³-hybridized carbons (Fsp3) is 0.200. The molecule has 0 aromatic heterocycles. The summed E-state index contributed by atoms with van der Waals surface area (Å²) in [6.45, 7) is 4.27. The maximum absolute atomic E-state index is 8.83. The van der Waals surface area contributed by atoms with Crippen LogP contribution in [0.3, 0.4) is 0 Å². The third-order valence-corrected chi connectivity index (χ3v) is 3.47. The van der Waals surface area contributed by atoms with Gasteiger partial charge in [-0.1, -0.05) is 38.1 Å². The average Bonchev–Trinajstić information content (AvgIpc) is 2.47. The van der Waals surface area contributed by atoms with Crippen molar-refractivity contribution in [1.29, 1.82) is 0 Å². The van der Waals surface area contributed by atoms with E-state index in [1.54, 1.807) is 0 Å². The smallest absolute Gasteiger partial charge is 0.0602 e. The summed E-state index contributed by atoms with van der Waals surface area (Å²) in [7, 11) is 0. The van der Waals surface area contributed by atoms with Gasteiger partial charge in [-0.15, -0.1) is 0 Å². The quantitative estimate of drug-likeness (QED) is 0.632. The standard InChI is InChI=1S/C15H18N2O2/c1-15(2,11-3-7-13(16-18)8-4-11)12-5-9-14(17-19)10-6-12/h3-10,16-19H,1-2H3. The van der Waals surface area contributed by atoms with Crippen molar-refractivity contribution in [3.05, 3.63) is 59.7 Å². The lowest BCUT2D eigenvalue weighted by molar-refractivity contribution is 0.388. The molecule has 0 radical (unpaired) electrons. The molecule has 4 nitrogen and oxygen atoms in total. The van der Waals surface area contributed by atoms with Crippen LogP contribution in [-0.2, 0) is 5.41 Å². The highest BCUT2D eigenvalue weighted by atomic mass is 16.5. The first-order valence-electron chi connectivity index (χ1n) is 6.09. The molecule has 0 fully saturated rings. The van der Waals surface area contributed by atoms with Crippen LogP contribution < -0.4 is 11.0 Å². The number of hydrogen-bond donors (Lipinski definition) is 4. The molecule has 4 heteroatoms. The van der Waals surface area contributed by atoms with Gasteiger partial charge in [-0.3, -0.25) is 21.4 Å². The van der Waals surface area contributed by atoms with Crippen molar-refractivity contribution >= 4 is 11.4 Å². The fourth-order valence-electron chi connectivity index (χ4n) is 2.09. The van der Waals surface area contributed by atoms with Gasteiger partial charge in [0.1, 0.15) is 0 Å². The Morgan fingerprint density at radius 2 is 1.00 bits per heavy atom. The summed E-state index contributed by atoms with van der Waals surface area (Å²) in [6.07, 6.45) is 0. The topological polar surface area (TPSA) is 64.5 Å². The van der Waals surface area contributed by atoms with Gasteiger partial charge in [-0.05, 0) is 35.4 Å². The summed E-state index contributed by atoms with van der Waals surface area (Å²) in [5, 5.41) is 17.7. The molecule has 0 atom stereocenters. The van der Waals surface area contributed by atoms with Crippen molar-refractivity contribution in [2.24, 2.45) is 0 Å². The van der Waals surface area contributed by atoms with E-state index in [-0.39, 0.29) is 5.41 Å². The normalized spacial score (nSPS) is 11.2. The molecule has 2 rings (SSSR count). The van der Waals surface area contributed by atoms with E-state index in [9.17, 15) is 0 Å². The van der Waals surface area contributed by atoms with Gasteiger partial charge in [0.25, 0.3) is 0 Å². The average molecular weight is 258 g/mol. The molecule has 0 bridgehead atoms. The van der Waals surface area contributed by atoms with E-state index >= 15 is 0 Å². The lowest BCUT2D eigenvalue weighted by atomic mass is 9.78. The third-order valence-electron chi connectivity index (χ3n) is 3.47. The highest BCUT2D eigenvalue weighted by Crippen LogP contribution is 2.32. The molecule has 0 aliphatic carbocycles. The maximum Gasteiger partial charge on any atom is 0.0602 e. The van der Waals surface area contributed by atoms with E-state index in [1.807, 2.05) is 48.5 Å². The van der Waals surface area contributed by atoms with E-state index in [0.717, 1.165) is 11.1 Å². The Morgan fingerprint density at radius 3 is 1.26 bits per heavy atom. The Balaban J connectivity index is 2.33. The zero-order valence-corrected chi connectivity index (χ0v) is 11.0. The van der Waals surface area contributed by atoms with Gasteiger partial charge in [0.05, 0.1) is 11.4 Å². The van der Waals surface area contributed by atoms with Gasteiger partial charge in [-0.25, -0.2) is 0 Å². The molecule has 0 saturated carbocycles. The minimum absolute atomic E-state index is 0.151. The summed E-state index contributed by atoms with van der Waals surface area (Å²) in [4.78, 5) is 0. The van der Waals surface area contributed by atoms with Crippen molar-refractivity contribution < 1.29 is 10.4 Å². The molecule has 0 saturated heterocycles. The van der Waals surface area contributed by atoms with Crippen LogP contribution in [-0.4, -0.2) is 10.4 Å². The third kappa shape index (κ3) is 2.70. The summed E-state index contributed by atoms with van der Waals surface area (Å²) < 4.78 is 0. The summed E-state index contributed by atoms with van der Waals surface area (Å²) in [5.74, 6) is 0. The summed E-state index contributed by atoms with van der Waals surface area (Å²) in [6, 6.07) is 15.3. The van der Waals surface area contributed by atoms with E-state index in [2.05, 4.69) is 24.8 Å². The van der Waals surface area contributed by atoms with Crippen LogP contribution in [0.15, 0.2) is 48.5 Å². The molecule has 0 spiro atoms. The fourth-order valence-corrected chi connectivity index (χ4v) is 2.09. The molecule has 0 amide bonds. The van der Waals surface area contributed by atoms with Crippen molar-refractivity contribution in [1.82, 2.24) is 0 Å². The van der Waals surface area contributed by atoms with E-state index in [0.29, 0.717) is 11.4 Å². The molecular formula is C15H18N2O2. The van der Waals surface area contributed by atoms with Crippen LogP contribution in [0.4, 0.5) is 11.4 Å². The van der Waals surface area contributed by atoms with Crippen LogP contribution in [0.1, 0.15) is 25.0 Å². The Labute approximate surface area is 112 Å². The van der Waals surface area contributed by atoms with Gasteiger partial charge in [-0.2, -0.15) is 0 Å². The highest BCUT2D eigenvalue weighted by Gasteiger charge is 2.22. The lowest BCUT2D eigenvalue weighted by Crippen LogP contribution is -2.18. The Kier molecular flexibility index (Phi) is 3.74. The highest BCUT2D eigenvalue weighted by molar-refractivity contribution is 5.49. The van der Waals surface area contributed by atoms with Crippen LogP contribution in [0, 0.1) is 0 Å². The van der Waals surface area contributed by atoms with E-state index in [1.165, 1.54) is 0 Å². The van der Waals surface area contributed by atoms with Gasteiger partial charge >= 0.3 is 0 Å². The number of nitrogens with one attached hydrogen (secondary N) is 2. The minimum Gasteiger partial charge on any atom is -0.291 e. The van der Waals surface area contributed by atoms with Gasteiger partial charge in [0, 0.05) is 5.41 Å². The number of benzene rings is 2. The first-order valence-corrected chi connectivity index (χ1v) is 6.09. The van der Waals surface area contributed by atoms with Crippen LogP contribution in [0.5, 0.6) is 0 Å². The van der Waals surface area contributed by atoms with Gasteiger partial charge < -0.3 is 0 Å². The van der Waals surface area contributed by atoms with Crippen molar-refractivity contribution in [3.63, 3.8) is 0 Å². The van der Waals surface area contributed by atoms with Gasteiger partial charge in [0.2, 0.25) is 0 Å². The zero-order chi connectivity index (χ0) is 13.9. The molecule has 2 aromatic carbocycles. The Bertz CT molecular complexity index is 484. The largest absolute Gasteiger partial charge is 0.291 e.